The Balaban J connectivity index is 1.43. The molecule has 1 aromatic rings. The van der Waals surface area contributed by atoms with Crippen LogP contribution in [0.4, 0.5) is 0 Å². The highest BCUT2D eigenvalue weighted by Gasteiger charge is 2.30. The van der Waals surface area contributed by atoms with Crippen LogP contribution in [-0.2, 0) is 4.74 Å². The Bertz CT molecular complexity index is 777. The van der Waals surface area contributed by atoms with E-state index in [4.69, 9.17) is 14.5 Å². The second-order valence-corrected chi connectivity index (χ2v) is 8.08. The summed E-state index contributed by atoms with van der Waals surface area (Å²) in [6, 6.07) is 2.05. The van der Waals surface area contributed by atoms with Gasteiger partial charge in [0, 0.05) is 23.7 Å². The summed E-state index contributed by atoms with van der Waals surface area (Å²) in [6.45, 7) is 1.32. The maximum Gasteiger partial charge on any atom is 0.241 e. The smallest absolute Gasteiger partial charge is 0.241 e. The van der Waals surface area contributed by atoms with Crippen molar-refractivity contribution < 1.29 is 9.47 Å². The van der Waals surface area contributed by atoms with Crippen LogP contribution in [0.15, 0.2) is 34.8 Å². The molecule has 0 bridgehead atoms. The third-order valence-corrected chi connectivity index (χ3v) is 5.82. The van der Waals surface area contributed by atoms with Gasteiger partial charge >= 0.3 is 0 Å². The summed E-state index contributed by atoms with van der Waals surface area (Å²) in [5.41, 5.74) is 6.42. The first kappa shape index (κ1) is 16.1. The van der Waals surface area contributed by atoms with Crippen molar-refractivity contribution in [3.8, 4) is 5.75 Å². The summed E-state index contributed by atoms with van der Waals surface area (Å²) in [5.74, 6) is 3.48. The standard InChI is InChI=1S/C22H26N2O2/c1-2-5-17(4-1)19-6-3-11-25-22(24-19)20-12-21(26-14-15-7-8-15)18(13-23-20)16-9-10-16/h3,12-13,15-17H,1-2,4-5,7-11,14H2. The Morgan fingerprint density at radius 1 is 1.08 bits per heavy atom. The van der Waals surface area contributed by atoms with E-state index in [-0.39, 0.29) is 0 Å². The normalized spacial score (nSPS) is 23.2. The molecule has 0 spiro atoms. The summed E-state index contributed by atoms with van der Waals surface area (Å²) < 4.78 is 12.1. The number of nitrogens with zero attached hydrogens (tertiary/aromatic N) is 2. The summed E-state index contributed by atoms with van der Waals surface area (Å²) in [5, 5.41) is 0. The van der Waals surface area contributed by atoms with Crippen LogP contribution in [0.2, 0.25) is 0 Å². The molecule has 4 aliphatic rings. The Morgan fingerprint density at radius 3 is 2.69 bits per heavy atom. The highest BCUT2D eigenvalue weighted by molar-refractivity contribution is 5.93. The van der Waals surface area contributed by atoms with E-state index in [1.165, 1.54) is 56.9 Å². The van der Waals surface area contributed by atoms with E-state index in [1.54, 1.807) is 0 Å². The number of hydrogen-bond acceptors (Lipinski definition) is 4. The van der Waals surface area contributed by atoms with E-state index in [2.05, 4.69) is 10.7 Å². The maximum atomic E-state index is 6.17. The molecule has 3 fully saturated rings. The predicted molar refractivity (Wildman–Crippen MR) is 100 cm³/mol. The molecular weight excluding hydrogens is 324 g/mol. The fraction of sp³-hybridized carbons (Fsp3) is 0.591. The minimum Gasteiger partial charge on any atom is -0.493 e. The van der Waals surface area contributed by atoms with Crippen molar-refractivity contribution in [3.63, 3.8) is 0 Å². The zero-order valence-corrected chi connectivity index (χ0v) is 15.2. The molecule has 4 heteroatoms. The van der Waals surface area contributed by atoms with Crippen LogP contribution in [-0.4, -0.2) is 24.1 Å². The van der Waals surface area contributed by atoms with Crippen molar-refractivity contribution in [2.24, 2.45) is 16.8 Å². The molecule has 1 aromatic heterocycles. The van der Waals surface area contributed by atoms with Gasteiger partial charge in [0.25, 0.3) is 0 Å². The highest BCUT2D eigenvalue weighted by Crippen LogP contribution is 2.44. The second-order valence-electron chi connectivity index (χ2n) is 8.08. The van der Waals surface area contributed by atoms with Crippen molar-refractivity contribution in [2.75, 3.05) is 13.2 Å². The topological polar surface area (TPSA) is 43.7 Å². The number of aromatic nitrogens is 1. The molecule has 3 saturated carbocycles. The molecule has 5 rings (SSSR count). The quantitative estimate of drug-likeness (QED) is 0.695. The predicted octanol–water partition coefficient (Wildman–Crippen LogP) is 4.75. The van der Waals surface area contributed by atoms with Gasteiger partial charge in [-0.1, -0.05) is 18.6 Å². The minimum atomic E-state index is 0.499. The third kappa shape index (κ3) is 3.57. The van der Waals surface area contributed by atoms with Crippen LogP contribution in [0.1, 0.15) is 68.5 Å². The lowest BCUT2D eigenvalue weighted by molar-refractivity contribution is 0.296. The number of pyridine rings is 1. The summed E-state index contributed by atoms with van der Waals surface area (Å²) >= 11 is 0. The number of ether oxygens (including phenoxy) is 2. The van der Waals surface area contributed by atoms with Crippen molar-refractivity contribution in [1.82, 2.24) is 4.98 Å². The molecule has 26 heavy (non-hydrogen) atoms. The zero-order chi connectivity index (χ0) is 17.3. The van der Waals surface area contributed by atoms with E-state index in [0.29, 0.717) is 24.3 Å². The van der Waals surface area contributed by atoms with Gasteiger partial charge in [0.05, 0.1) is 12.3 Å². The SMILES string of the molecule is C1=CCOC(c2cc(OCC3CC3)c(C3CC3)cn2)=NC=1C1CCCC1. The third-order valence-electron chi connectivity index (χ3n) is 5.82. The van der Waals surface area contributed by atoms with Crippen LogP contribution < -0.4 is 4.74 Å². The van der Waals surface area contributed by atoms with Gasteiger partial charge in [-0.05, 0) is 56.4 Å². The van der Waals surface area contributed by atoms with Crippen LogP contribution >= 0.6 is 0 Å². The number of aliphatic imine (C=N–C) groups is 1. The zero-order valence-electron chi connectivity index (χ0n) is 15.2. The van der Waals surface area contributed by atoms with Crippen LogP contribution in [0.3, 0.4) is 0 Å². The van der Waals surface area contributed by atoms with Crippen molar-refractivity contribution in [1.29, 1.82) is 0 Å². The Morgan fingerprint density at radius 2 is 1.92 bits per heavy atom. The molecule has 0 N–H and O–H groups in total. The lowest BCUT2D eigenvalue weighted by Gasteiger charge is -2.14. The molecule has 1 aliphatic heterocycles. The van der Waals surface area contributed by atoms with Gasteiger partial charge in [0.1, 0.15) is 18.1 Å². The highest BCUT2D eigenvalue weighted by atomic mass is 16.5. The second kappa shape index (κ2) is 6.92. The Kier molecular flexibility index (Phi) is 4.30. The lowest BCUT2D eigenvalue weighted by atomic mass is 10.0. The molecule has 3 aliphatic carbocycles. The van der Waals surface area contributed by atoms with Gasteiger partial charge < -0.3 is 9.47 Å². The van der Waals surface area contributed by atoms with Gasteiger partial charge in [-0.2, -0.15) is 0 Å². The fourth-order valence-corrected chi connectivity index (χ4v) is 3.86. The molecule has 136 valence electrons. The minimum absolute atomic E-state index is 0.499. The van der Waals surface area contributed by atoms with E-state index >= 15 is 0 Å². The van der Waals surface area contributed by atoms with Crippen molar-refractivity contribution >= 4 is 5.90 Å². The Labute approximate surface area is 155 Å². The van der Waals surface area contributed by atoms with Gasteiger partial charge in [0.15, 0.2) is 0 Å². The molecule has 0 amide bonds. The first-order valence-corrected chi connectivity index (χ1v) is 10.2. The molecule has 2 heterocycles. The van der Waals surface area contributed by atoms with Crippen molar-refractivity contribution in [3.05, 3.63) is 41.0 Å². The van der Waals surface area contributed by atoms with Crippen LogP contribution in [0.25, 0.3) is 0 Å². The van der Waals surface area contributed by atoms with Crippen molar-refractivity contribution in [2.45, 2.75) is 57.3 Å². The van der Waals surface area contributed by atoms with Gasteiger partial charge in [0.2, 0.25) is 5.90 Å². The van der Waals surface area contributed by atoms with E-state index in [9.17, 15) is 0 Å². The average molecular weight is 350 g/mol. The largest absolute Gasteiger partial charge is 0.493 e. The molecule has 4 nitrogen and oxygen atoms in total. The maximum absolute atomic E-state index is 6.17. The van der Waals surface area contributed by atoms with E-state index in [0.717, 1.165) is 29.7 Å². The molecule has 0 atom stereocenters. The number of hydrogen-bond donors (Lipinski definition) is 0. The molecule has 0 unspecified atom stereocenters. The summed E-state index contributed by atoms with van der Waals surface area (Å²) in [7, 11) is 0. The fourth-order valence-electron chi connectivity index (χ4n) is 3.86. The first-order valence-electron chi connectivity index (χ1n) is 10.2. The van der Waals surface area contributed by atoms with E-state index in [1.807, 2.05) is 18.3 Å². The monoisotopic (exact) mass is 350 g/mol. The summed E-state index contributed by atoms with van der Waals surface area (Å²) in [4.78, 5) is 9.50. The average Bonchev–Trinajstić information content (AvgIpc) is 3.58. The molecule has 0 saturated heterocycles. The first-order chi connectivity index (χ1) is 12.9. The number of rotatable bonds is 6. The van der Waals surface area contributed by atoms with Crippen LogP contribution in [0.5, 0.6) is 5.75 Å². The molecular formula is C22H26N2O2. The van der Waals surface area contributed by atoms with Gasteiger partial charge in [-0.25, -0.2) is 4.99 Å². The van der Waals surface area contributed by atoms with Crippen LogP contribution in [0, 0.1) is 11.8 Å². The van der Waals surface area contributed by atoms with Gasteiger partial charge in [-0.3, -0.25) is 4.98 Å². The molecule has 0 aromatic carbocycles. The van der Waals surface area contributed by atoms with Gasteiger partial charge in [-0.15, -0.1) is 0 Å². The lowest BCUT2D eigenvalue weighted by Crippen LogP contribution is -2.11. The molecule has 0 radical (unpaired) electrons. The van der Waals surface area contributed by atoms with E-state index < -0.39 is 0 Å². The summed E-state index contributed by atoms with van der Waals surface area (Å²) in [6.07, 6.45) is 14.0. The Hall–Kier alpha value is -2.06.